The Labute approximate surface area is 189 Å². The number of amidine groups is 1. The van der Waals surface area contributed by atoms with Crippen molar-refractivity contribution in [3.8, 4) is 0 Å². The largest absolute Gasteiger partial charge is 0.341 e. The number of carbonyl (C=O) groups is 1. The third kappa shape index (κ3) is 5.11. The Kier molecular flexibility index (Phi) is 6.29. The predicted octanol–water partition coefficient (Wildman–Crippen LogP) is 3.70. The average molecular weight is 484 g/mol. The molecule has 30 heavy (non-hydrogen) atoms. The van der Waals surface area contributed by atoms with Crippen molar-refractivity contribution in [2.24, 2.45) is 4.99 Å². The number of halogens is 2. The molecule has 0 radical (unpaired) electrons. The lowest BCUT2D eigenvalue weighted by Gasteiger charge is -2.26. The van der Waals surface area contributed by atoms with E-state index in [-0.39, 0.29) is 35.2 Å². The van der Waals surface area contributed by atoms with E-state index in [2.05, 4.69) is 10.3 Å². The Bertz CT molecular complexity index is 1090. The fourth-order valence-electron chi connectivity index (χ4n) is 3.57. The van der Waals surface area contributed by atoms with Gasteiger partial charge < -0.3 is 10.2 Å². The lowest BCUT2D eigenvalue weighted by molar-refractivity contribution is -0.113. The number of thioether (sulfide) groups is 1. The van der Waals surface area contributed by atoms with Gasteiger partial charge in [0.25, 0.3) is 0 Å². The van der Waals surface area contributed by atoms with Gasteiger partial charge in [-0.15, -0.1) is 0 Å². The van der Waals surface area contributed by atoms with Gasteiger partial charge in [0.1, 0.15) is 0 Å². The number of aliphatic imine (C=N–C) groups is 1. The maximum absolute atomic E-state index is 12.4. The van der Waals surface area contributed by atoms with Gasteiger partial charge in [0, 0.05) is 22.3 Å². The third-order valence-electron chi connectivity index (χ3n) is 4.92. The number of amides is 1. The van der Waals surface area contributed by atoms with Gasteiger partial charge in [-0.1, -0.05) is 53.2 Å². The summed E-state index contributed by atoms with van der Waals surface area (Å²) in [6.45, 7) is 0.510. The standard InChI is InChI=1S/C20H19Cl2N3O3S2/c21-14-6-4-13(5-7-14)9-25-18-12-30(27,28)11-17(18)24-20(25)29-10-19(26)23-16-3-1-2-15(22)8-16/h1-8,17-18H,9-12H2,(H,23,26)/t17-,18+/m1/s1. The number of rotatable bonds is 5. The Morgan fingerprint density at radius 1 is 1.13 bits per heavy atom. The fourth-order valence-corrected chi connectivity index (χ4v) is 6.67. The molecule has 0 bridgehead atoms. The second-order valence-electron chi connectivity index (χ2n) is 7.22. The molecule has 0 unspecified atom stereocenters. The summed E-state index contributed by atoms with van der Waals surface area (Å²) in [5.74, 6) is 0.108. The molecule has 2 aromatic carbocycles. The van der Waals surface area contributed by atoms with Gasteiger partial charge in [-0.05, 0) is 35.9 Å². The van der Waals surface area contributed by atoms with Crippen molar-refractivity contribution >= 4 is 61.6 Å². The van der Waals surface area contributed by atoms with Gasteiger partial charge in [-0.25, -0.2) is 8.42 Å². The normalized spacial score (nSPS) is 21.9. The smallest absolute Gasteiger partial charge is 0.234 e. The van der Waals surface area contributed by atoms with Gasteiger partial charge in [0.05, 0.1) is 29.3 Å². The molecule has 2 aliphatic rings. The highest BCUT2D eigenvalue weighted by molar-refractivity contribution is 8.14. The fraction of sp³-hybridized carbons (Fsp3) is 0.300. The molecule has 2 aromatic rings. The van der Waals surface area contributed by atoms with Gasteiger partial charge in [-0.2, -0.15) is 0 Å². The molecule has 2 aliphatic heterocycles. The lowest BCUT2D eigenvalue weighted by atomic mass is 10.1. The van der Waals surface area contributed by atoms with Gasteiger partial charge in [0.15, 0.2) is 15.0 Å². The summed E-state index contributed by atoms with van der Waals surface area (Å²) < 4.78 is 24.2. The van der Waals surface area contributed by atoms with E-state index < -0.39 is 9.84 Å². The molecule has 1 fully saturated rings. The Morgan fingerprint density at radius 3 is 2.63 bits per heavy atom. The minimum Gasteiger partial charge on any atom is -0.341 e. The average Bonchev–Trinajstić information content (AvgIpc) is 3.14. The molecule has 1 amide bonds. The molecule has 1 N–H and O–H groups in total. The van der Waals surface area contributed by atoms with Crippen molar-refractivity contribution in [2.75, 3.05) is 22.6 Å². The molecule has 0 saturated carbocycles. The highest BCUT2D eigenvalue weighted by Gasteiger charge is 2.46. The van der Waals surface area contributed by atoms with Crippen LogP contribution < -0.4 is 5.32 Å². The van der Waals surface area contributed by atoms with Gasteiger partial charge >= 0.3 is 0 Å². The first-order chi connectivity index (χ1) is 14.3. The predicted molar refractivity (Wildman–Crippen MR) is 123 cm³/mol. The number of nitrogens with zero attached hydrogens (tertiary/aromatic N) is 2. The van der Waals surface area contributed by atoms with Crippen molar-refractivity contribution in [1.82, 2.24) is 4.90 Å². The van der Waals surface area contributed by atoms with Crippen LogP contribution in [0.2, 0.25) is 10.0 Å². The minimum atomic E-state index is -3.11. The summed E-state index contributed by atoms with van der Waals surface area (Å²) in [5.41, 5.74) is 1.63. The van der Waals surface area contributed by atoms with Crippen LogP contribution in [0.4, 0.5) is 5.69 Å². The molecule has 2 heterocycles. The van der Waals surface area contributed by atoms with Crippen LogP contribution >= 0.6 is 35.0 Å². The molecule has 10 heteroatoms. The Hall–Kier alpha value is -1.74. The van der Waals surface area contributed by atoms with Crippen LogP contribution in [0.15, 0.2) is 53.5 Å². The quantitative estimate of drug-likeness (QED) is 0.700. The summed E-state index contributed by atoms with van der Waals surface area (Å²) >= 11 is 13.2. The zero-order valence-corrected chi connectivity index (χ0v) is 18.9. The van der Waals surface area contributed by atoms with Crippen molar-refractivity contribution in [3.05, 3.63) is 64.1 Å². The molecule has 0 spiro atoms. The van der Waals surface area contributed by atoms with Gasteiger partial charge in [0.2, 0.25) is 5.91 Å². The summed E-state index contributed by atoms with van der Waals surface area (Å²) in [6.07, 6.45) is 0. The number of fused-ring (bicyclic) bond motifs is 1. The van der Waals surface area contributed by atoms with Crippen LogP contribution in [-0.2, 0) is 21.2 Å². The molecular weight excluding hydrogens is 465 g/mol. The van der Waals surface area contributed by atoms with E-state index in [1.54, 1.807) is 36.4 Å². The number of hydrogen-bond acceptors (Lipinski definition) is 6. The summed E-state index contributed by atoms with van der Waals surface area (Å²) in [5, 5.41) is 4.69. The highest BCUT2D eigenvalue weighted by Crippen LogP contribution is 2.32. The minimum absolute atomic E-state index is 0.0492. The molecule has 4 rings (SSSR count). The monoisotopic (exact) mass is 483 g/mol. The van der Waals surface area contributed by atoms with Crippen LogP contribution in [0, 0.1) is 0 Å². The van der Waals surface area contributed by atoms with E-state index in [4.69, 9.17) is 23.2 Å². The van der Waals surface area contributed by atoms with Crippen LogP contribution in [0.5, 0.6) is 0 Å². The Morgan fingerprint density at radius 2 is 1.90 bits per heavy atom. The molecule has 0 aliphatic carbocycles. The number of hydrogen-bond donors (Lipinski definition) is 1. The Balaban J connectivity index is 1.45. The number of sulfone groups is 1. The summed E-state index contributed by atoms with van der Waals surface area (Å²) in [7, 11) is -3.11. The number of benzene rings is 2. The first-order valence-electron chi connectivity index (χ1n) is 9.27. The molecule has 6 nitrogen and oxygen atoms in total. The van der Waals surface area contributed by atoms with Crippen LogP contribution in [0.1, 0.15) is 5.56 Å². The van der Waals surface area contributed by atoms with E-state index in [0.717, 1.165) is 5.56 Å². The topological polar surface area (TPSA) is 78.8 Å². The molecule has 2 atom stereocenters. The van der Waals surface area contributed by atoms with Crippen LogP contribution in [0.25, 0.3) is 0 Å². The van der Waals surface area contributed by atoms with Crippen molar-refractivity contribution in [1.29, 1.82) is 0 Å². The lowest BCUT2D eigenvalue weighted by Crippen LogP contribution is -2.38. The second kappa shape index (κ2) is 8.78. The van der Waals surface area contributed by atoms with Crippen molar-refractivity contribution in [3.63, 3.8) is 0 Å². The van der Waals surface area contributed by atoms with E-state index in [9.17, 15) is 13.2 Å². The zero-order chi connectivity index (χ0) is 21.3. The van der Waals surface area contributed by atoms with Crippen LogP contribution in [0.3, 0.4) is 0 Å². The molecule has 0 aromatic heterocycles. The van der Waals surface area contributed by atoms with E-state index in [1.807, 2.05) is 17.0 Å². The highest BCUT2D eigenvalue weighted by atomic mass is 35.5. The number of anilines is 1. The second-order valence-corrected chi connectivity index (χ2v) is 11.2. The zero-order valence-electron chi connectivity index (χ0n) is 15.8. The molecule has 158 valence electrons. The van der Waals surface area contributed by atoms with E-state index in [1.165, 1.54) is 11.8 Å². The summed E-state index contributed by atoms with van der Waals surface area (Å²) in [6, 6.07) is 13.9. The van der Waals surface area contributed by atoms with Crippen molar-refractivity contribution < 1.29 is 13.2 Å². The van der Waals surface area contributed by atoms with E-state index in [0.29, 0.717) is 27.4 Å². The van der Waals surface area contributed by atoms with Gasteiger partial charge in [-0.3, -0.25) is 9.79 Å². The SMILES string of the molecule is O=C(CSC1=N[C@@H]2CS(=O)(=O)C[C@@H]2N1Cc1ccc(Cl)cc1)Nc1cccc(Cl)c1. The van der Waals surface area contributed by atoms with Crippen molar-refractivity contribution in [2.45, 2.75) is 18.6 Å². The third-order valence-corrected chi connectivity index (χ3v) is 8.11. The summed E-state index contributed by atoms with van der Waals surface area (Å²) in [4.78, 5) is 19.0. The number of carbonyl (C=O) groups excluding carboxylic acids is 1. The molecule has 1 saturated heterocycles. The molecular formula is C20H19Cl2N3O3S2. The maximum Gasteiger partial charge on any atom is 0.234 e. The number of nitrogens with one attached hydrogen (secondary N) is 1. The van der Waals surface area contributed by atoms with E-state index >= 15 is 0 Å². The maximum atomic E-state index is 12.4. The first-order valence-corrected chi connectivity index (χ1v) is 12.8. The van der Waals surface area contributed by atoms with Crippen LogP contribution in [-0.4, -0.2) is 53.7 Å². The first kappa shape index (κ1) is 21.5.